The quantitative estimate of drug-likeness (QED) is 0.700. The van der Waals surface area contributed by atoms with Gasteiger partial charge in [-0.25, -0.2) is 4.79 Å². The van der Waals surface area contributed by atoms with Crippen LogP contribution in [0.5, 0.6) is 0 Å². The van der Waals surface area contributed by atoms with Gasteiger partial charge in [0.25, 0.3) is 0 Å². The number of rotatable bonds is 6. The van der Waals surface area contributed by atoms with E-state index in [1.165, 1.54) is 6.92 Å². The second-order valence-corrected chi connectivity index (χ2v) is 3.70. The van der Waals surface area contributed by atoms with Gasteiger partial charge in [-0.15, -0.1) is 0 Å². The molecule has 5 nitrogen and oxygen atoms in total. The zero-order valence-corrected chi connectivity index (χ0v) is 9.10. The molecular weight excluding hydrogens is 198 g/mol. The lowest BCUT2D eigenvalue weighted by Gasteiger charge is -2.20. The van der Waals surface area contributed by atoms with Crippen molar-refractivity contribution in [2.24, 2.45) is 0 Å². The number of nitrogens with zero attached hydrogens (tertiary/aromatic N) is 1. The van der Waals surface area contributed by atoms with Crippen LogP contribution in [0.1, 0.15) is 26.7 Å². The third kappa shape index (κ3) is 3.51. The highest BCUT2D eigenvalue weighted by Crippen LogP contribution is 2.26. The van der Waals surface area contributed by atoms with Crippen LogP contribution in [0.2, 0.25) is 0 Å². The first kappa shape index (κ1) is 12.0. The molecule has 15 heavy (non-hydrogen) atoms. The van der Waals surface area contributed by atoms with E-state index in [-0.39, 0.29) is 12.5 Å². The molecule has 5 heteroatoms. The first-order chi connectivity index (χ1) is 7.06. The fourth-order valence-electron chi connectivity index (χ4n) is 1.37. The third-order valence-corrected chi connectivity index (χ3v) is 2.45. The van der Waals surface area contributed by atoms with E-state index < -0.39 is 12.1 Å². The van der Waals surface area contributed by atoms with Crippen LogP contribution in [0.15, 0.2) is 0 Å². The summed E-state index contributed by atoms with van der Waals surface area (Å²) in [5, 5.41) is 8.56. The molecular formula is C10H17NO4. The summed E-state index contributed by atoms with van der Waals surface area (Å²) in [5.41, 5.74) is 0. The minimum absolute atomic E-state index is 0.117. The molecule has 0 heterocycles. The van der Waals surface area contributed by atoms with Crippen molar-refractivity contribution in [1.82, 2.24) is 4.90 Å². The molecule has 0 bridgehead atoms. The largest absolute Gasteiger partial charge is 0.479 e. The van der Waals surface area contributed by atoms with E-state index in [0.717, 1.165) is 12.8 Å². The normalized spacial score (nSPS) is 17.2. The van der Waals surface area contributed by atoms with Gasteiger partial charge in [-0.1, -0.05) is 0 Å². The van der Waals surface area contributed by atoms with Crippen molar-refractivity contribution in [2.75, 3.05) is 13.2 Å². The summed E-state index contributed by atoms with van der Waals surface area (Å²) in [4.78, 5) is 23.8. The van der Waals surface area contributed by atoms with Crippen LogP contribution in [0.4, 0.5) is 0 Å². The number of hydrogen-bond donors (Lipinski definition) is 1. The van der Waals surface area contributed by atoms with Crippen molar-refractivity contribution in [3.05, 3.63) is 0 Å². The number of carboxylic acids is 1. The summed E-state index contributed by atoms with van der Waals surface area (Å²) in [7, 11) is 0. The van der Waals surface area contributed by atoms with Gasteiger partial charge >= 0.3 is 5.97 Å². The Morgan fingerprint density at radius 2 is 2.13 bits per heavy atom. The van der Waals surface area contributed by atoms with Crippen molar-refractivity contribution in [3.63, 3.8) is 0 Å². The standard InChI is InChI=1S/C10H17NO4/c1-3-11(8-4-5-8)9(12)6-15-7(2)10(13)14/h7-8H,3-6H2,1-2H3,(H,13,14). The maximum absolute atomic E-state index is 11.6. The third-order valence-electron chi connectivity index (χ3n) is 2.45. The summed E-state index contributed by atoms with van der Waals surface area (Å²) >= 11 is 0. The summed E-state index contributed by atoms with van der Waals surface area (Å²) in [6.07, 6.45) is 1.18. The summed E-state index contributed by atoms with van der Waals surface area (Å²) in [5.74, 6) is -1.16. The molecule has 1 aliphatic carbocycles. The Morgan fingerprint density at radius 1 is 1.53 bits per heavy atom. The van der Waals surface area contributed by atoms with Crippen molar-refractivity contribution >= 4 is 11.9 Å². The van der Waals surface area contributed by atoms with E-state index in [1.807, 2.05) is 6.92 Å². The lowest BCUT2D eigenvalue weighted by Crippen LogP contribution is -2.37. The van der Waals surface area contributed by atoms with Crippen molar-refractivity contribution in [2.45, 2.75) is 38.8 Å². The molecule has 1 saturated carbocycles. The summed E-state index contributed by atoms with van der Waals surface area (Å²) in [6.45, 7) is 3.85. The molecule has 86 valence electrons. The van der Waals surface area contributed by atoms with Gasteiger partial charge < -0.3 is 14.7 Å². The minimum Gasteiger partial charge on any atom is -0.479 e. The Morgan fingerprint density at radius 3 is 2.53 bits per heavy atom. The molecule has 0 aromatic rings. The first-order valence-electron chi connectivity index (χ1n) is 5.20. The van der Waals surface area contributed by atoms with Gasteiger partial charge in [-0.2, -0.15) is 0 Å². The van der Waals surface area contributed by atoms with Crippen LogP contribution in [0.25, 0.3) is 0 Å². The topological polar surface area (TPSA) is 66.8 Å². The van der Waals surface area contributed by atoms with Crippen LogP contribution < -0.4 is 0 Å². The molecule has 1 atom stereocenters. The zero-order chi connectivity index (χ0) is 11.4. The highest BCUT2D eigenvalue weighted by molar-refractivity contribution is 5.79. The minimum atomic E-state index is -1.04. The van der Waals surface area contributed by atoms with Crippen LogP contribution in [-0.4, -0.2) is 47.2 Å². The van der Waals surface area contributed by atoms with Gasteiger partial charge in [0.1, 0.15) is 6.61 Å². The summed E-state index contributed by atoms with van der Waals surface area (Å²) < 4.78 is 4.94. The molecule has 0 saturated heterocycles. The molecule has 0 spiro atoms. The number of hydrogen-bond acceptors (Lipinski definition) is 3. The molecule has 1 fully saturated rings. The SMILES string of the molecule is CCN(C(=O)COC(C)C(=O)O)C1CC1. The van der Waals surface area contributed by atoms with Gasteiger partial charge in [0.15, 0.2) is 6.10 Å². The van der Waals surface area contributed by atoms with Gasteiger partial charge in [0.05, 0.1) is 0 Å². The average Bonchev–Trinajstić information content (AvgIpc) is 2.99. The molecule has 0 aromatic carbocycles. The lowest BCUT2D eigenvalue weighted by atomic mass is 10.4. The maximum atomic E-state index is 11.6. The highest BCUT2D eigenvalue weighted by Gasteiger charge is 2.31. The van der Waals surface area contributed by atoms with E-state index >= 15 is 0 Å². The van der Waals surface area contributed by atoms with Gasteiger partial charge in [-0.05, 0) is 26.7 Å². The summed E-state index contributed by atoms with van der Waals surface area (Å²) in [6, 6.07) is 0.353. The zero-order valence-electron chi connectivity index (χ0n) is 9.10. The Balaban J connectivity index is 2.30. The monoisotopic (exact) mass is 215 g/mol. The smallest absolute Gasteiger partial charge is 0.332 e. The second kappa shape index (κ2) is 5.11. The van der Waals surface area contributed by atoms with Crippen molar-refractivity contribution in [1.29, 1.82) is 0 Å². The predicted molar refractivity (Wildman–Crippen MR) is 53.5 cm³/mol. The molecule has 0 aromatic heterocycles. The van der Waals surface area contributed by atoms with Crippen LogP contribution in [0, 0.1) is 0 Å². The molecule has 1 rings (SSSR count). The van der Waals surface area contributed by atoms with Crippen LogP contribution in [0.3, 0.4) is 0 Å². The average molecular weight is 215 g/mol. The van der Waals surface area contributed by atoms with Gasteiger partial charge in [0, 0.05) is 12.6 Å². The maximum Gasteiger partial charge on any atom is 0.332 e. The van der Waals surface area contributed by atoms with Crippen molar-refractivity contribution < 1.29 is 19.4 Å². The fourth-order valence-corrected chi connectivity index (χ4v) is 1.37. The Hall–Kier alpha value is -1.10. The molecule has 1 N–H and O–H groups in total. The Kier molecular flexibility index (Phi) is 4.08. The van der Waals surface area contributed by atoms with E-state index in [4.69, 9.17) is 9.84 Å². The lowest BCUT2D eigenvalue weighted by molar-refractivity contribution is -0.153. The fraction of sp³-hybridized carbons (Fsp3) is 0.800. The van der Waals surface area contributed by atoms with Crippen LogP contribution in [-0.2, 0) is 14.3 Å². The number of aliphatic carboxylic acids is 1. The van der Waals surface area contributed by atoms with E-state index in [2.05, 4.69) is 0 Å². The predicted octanol–water partition coefficient (Wildman–Crippen LogP) is 0.487. The number of carboxylic acid groups (broad SMARTS) is 1. The van der Waals surface area contributed by atoms with Gasteiger partial charge in [-0.3, -0.25) is 4.79 Å². The molecule has 0 radical (unpaired) electrons. The molecule has 0 aliphatic heterocycles. The van der Waals surface area contributed by atoms with E-state index in [1.54, 1.807) is 4.90 Å². The Bertz CT molecular complexity index is 250. The highest BCUT2D eigenvalue weighted by atomic mass is 16.5. The second-order valence-electron chi connectivity index (χ2n) is 3.70. The van der Waals surface area contributed by atoms with Crippen LogP contribution >= 0.6 is 0 Å². The molecule has 1 amide bonds. The first-order valence-corrected chi connectivity index (χ1v) is 5.20. The van der Waals surface area contributed by atoms with Crippen molar-refractivity contribution in [3.8, 4) is 0 Å². The molecule has 1 unspecified atom stereocenters. The number of carbonyl (C=O) groups excluding carboxylic acids is 1. The Labute approximate surface area is 89.0 Å². The van der Waals surface area contributed by atoms with E-state index in [9.17, 15) is 9.59 Å². The number of amides is 1. The van der Waals surface area contributed by atoms with E-state index in [0.29, 0.717) is 12.6 Å². The number of likely N-dealkylation sites (N-methyl/N-ethyl adjacent to an activating group) is 1. The number of ether oxygens (including phenoxy) is 1. The number of carbonyl (C=O) groups is 2. The van der Waals surface area contributed by atoms with Gasteiger partial charge in [0.2, 0.25) is 5.91 Å². The molecule has 1 aliphatic rings.